The molecule has 2 aromatic carbocycles. The van der Waals surface area contributed by atoms with Gasteiger partial charge >= 0.3 is 5.97 Å². The van der Waals surface area contributed by atoms with Crippen LogP contribution in [0.4, 0.5) is 0 Å². The fraction of sp³-hybridized carbons (Fsp3) is 0.278. The molecule has 110 valence electrons. The van der Waals surface area contributed by atoms with Gasteiger partial charge in [-0.2, -0.15) is 0 Å². The maximum Gasteiger partial charge on any atom is 0.307 e. The van der Waals surface area contributed by atoms with Crippen molar-refractivity contribution in [3.63, 3.8) is 0 Å². The molecule has 0 aliphatic carbocycles. The van der Waals surface area contributed by atoms with Crippen molar-refractivity contribution in [1.29, 1.82) is 0 Å². The Morgan fingerprint density at radius 3 is 2.43 bits per heavy atom. The summed E-state index contributed by atoms with van der Waals surface area (Å²) in [5.74, 6) is 0.142. The number of para-hydroxylation sites is 1. The summed E-state index contributed by atoms with van der Waals surface area (Å²) in [5, 5.41) is 9.05. The number of ether oxygens (including phenoxy) is 1. The molecule has 0 aliphatic rings. The zero-order valence-corrected chi connectivity index (χ0v) is 12.4. The molecule has 0 saturated heterocycles. The minimum Gasteiger partial charge on any atom is -0.488 e. The Morgan fingerprint density at radius 2 is 1.81 bits per heavy atom. The number of benzene rings is 2. The highest BCUT2D eigenvalue weighted by Gasteiger charge is 2.15. The van der Waals surface area contributed by atoms with Crippen molar-refractivity contribution >= 4 is 5.97 Å². The lowest BCUT2D eigenvalue weighted by molar-refractivity contribution is -0.136. The first-order chi connectivity index (χ1) is 10.1. The topological polar surface area (TPSA) is 46.5 Å². The number of carbonyl (C=O) groups is 1. The minimum atomic E-state index is -0.847. The maximum absolute atomic E-state index is 11.0. The third-order valence-corrected chi connectivity index (χ3v) is 3.32. The van der Waals surface area contributed by atoms with Gasteiger partial charge in [0, 0.05) is 5.56 Å². The number of carboxylic acids is 1. The van der Waals surface area contributed by atoms with Crippen LogP contribution in [0.15, 0.2) is 48.5 Å². The first-order valence-corrected chi connectivity index (χ1v) is 7.08. The molecule has 0 saturated carbocycles. The monoisotopic (exact) mass is 284 g/mol. The van der Waals surface area contributed by atoms with Crippen molar-refractivity contribution in [2.75, 3.05) is 0 Å². The molecule has 0 heterocycles. The van der Waals surface area contributed by atoms with E-state index in [1.165, 1.54) is 0 Å². The fourth-order valence-corrected chi connectivity index (χ4v) is 2.27. The second-order valence-electron chi connectivity index (χ2n) is 5.33. The van der Waals surface area contributed by atoms with Crippen LogP contribution in [0.5, 0.6) is 5.75 Å². The van der Waals surface area contributed by atoms with Gasteiger partial charge in [0.15, 0.2) is 0 Å². The molecule has 0 aliphatic heterocycles. The fourth-order valence-electron chi connectivity index (χ4n) is 2.27. The smallest absolute Gasteiger partial charge is 0.307 e. The number of aliphatic carboxylic acids is 1. The van der Waals surface area contributed by atoms with Crippen LogP contribution in [-0.2, 0) is 17.8 Å². The van der Waals surface area contributed by atoms with Crippen LogP contribution in [0.3, 0.4) is 0 Å². The van der Waals surface area contributed by atoms with Crippen molar-refractivity contribution in [2.45, 2.75) is 32.8 Å². The molecule has 2 rings (SSSR count). The van der Waals surface area contributed by atoms with Crippen molar-refractivity contribution in [1.82, 2.24) is 0 Å². The van der Waals surface area contributed by atoms with Crippen LogP contribution in [-0.4, -0.2) is 11.1 Å². The second-order valence-corrected chi connectivity index (χ2v) is 5.33. The highest BCUT2D eigenvalue weighted by Crippen LogP contribution is 2.31. The van der Waals surface area contributed by atoms with Crippen LogP contribution in [0.1, 0.15) is 36.5 Å². The predicted molar refractivity (Wildman–Crippen MR) is 82.6 cm³/mol. The number of hydrogen-bond acceptors (Lipinski definition) is 2. The van der Waals surface area contributed by atoms with Crippen LogP contribution >= 0.6 is 0 Å². The van der Waals surface area contributed by atoms with Gasteiger partial charge in [-0.1, -0.05) is 62.4 Å². The number of rotatable bonds is 6. The summed E-state index contributed by atoms with van der Waals surface area (Å²) >= 11 is 0. The lowest BCUT2D eigenvalue weighted by Gasteiger charge is -2.17. The molecule has 3 heteroatoms. The summed E-state index contributed by atoms with van der Waals surface area (Å²) in [7, 11) is 0. The van der Waals surface area contributed by atoms with Crippen LogP contribution in [0.2, 0.25) is 0 Å². The minimum absolute atomic E-state index is 0.0231. The van der Waals surface area contributed by atoms with Crippen LogP contribution < -0.4 is 4.74 Å². The quantitative estimate of drug-likeness (QED) is 0.871. The van der Waals surface area contributed by atoms with E-state index in [9.17, 15) is 4.79 Å². The maximum atomic E-state index is 11.0. The number of hydrogen-bond donors (Lipinski definition) is 1. The van der Waals surface area contributed by atoms with Gasteiger partial charge in [0.25, 0.3) is 0 Å². The van der Waals surface area contributed by atoms with Crippen molar-refractivity contribution in [3.05, 3.63) is 65.2 Å². The Kier molecular flexibility index (Phi) is 4.99. The molecular formula is C18H20O3. The molecule has 21 heavy (non-hydrogen) atoms. The van der Waals surface area contributed by atoms with Crippen LogP contribution in [0, 0.1) is 0 Å². The van der Waals surface area contributed by atoms with Crippen molar-refractivity contribution in [3.8, 4) is 5.75 Å². The summed E-state index contributed by atoms with van der Waals surface area (Å²) in [6, 6.07) is 15.6. The van der Waals surface area contributed by atoms with Gasteiger partial charge in [-0.3, -0.25) is 4.79 Å². The first-order valence-electron chi connectivity index (χ1n) is 7.08. The van der Waals surface area contributed by atoms with E-state index in [1.807, 2.05) is 48.5 Å². The highest BCUT2D eigenvalue weighted by atomic mass is 16.5. The van der Waals surface area contributed by atoms with E-state index >= 15 is 0 Å². The van der Waals surface area contributed by atoms with Gasteiger partial charge in [-0.25, -0.2) is 0 Å². The average Bonchev–Trinajstić information content (AvgIpc) is 2.46. The Labute approximate surface area is 125 Å². The molecule has 0 amide bonds. The Morgan fingerprint density at radius 1 is 1.10 bits per heavy atom. The molecule has 0 spiro atoms. The molecule has 0 atom stereocenters. The Bertz CT molecular complexity index is 603. The Hall–Kier alpha value is -2.29. The van der Waals surface area contributed by atoms with Gasteiger partial charge in [0.1, 0.15) is 12.4 Å². The van der Waals surface area contributed by atoms with E-state index in [1.54, 1.807) is 0 Å². The van der Waals surface area contributed by atoms with Gasteiger partial charge in [0.2, 0.25) is 0 Å². The summed E-state index contributed by atoms with van der Waals surface area (Å²) in [4.78, 5) is 11.0. The summed E-state index contributed by atoms with van der Waals surface area (Å²) in [6.45, 7) is 4.60. The van der Waals surface area contributed by atoms with E-state index < -0.39 is 5.97 Å². The largest absolute Gasteiger partial charge is 0.488 e. The molecule has 0 radical (unpaired) electrons. The van der Waals surface area contributed by atoms with Crippen LogP contribution in [0.25, 0.3) is 0 Å². The molecule has 0 unspecified atom stereocenters. The lowest BCUT2D eigenvalue weighted by Crippen LogP contribution is -2.07. The number of carboxylic acid groups (broad SMARTS) is 1. The average molecular weight is 284 g/mol. The van der Waals surface area contributed by atoms with E-state index in [4.69, 9.17) is 9.84 Å². The van der Waals surface area contributed by atoms with E-state index in [0.29, 0.717) is 12.4 Å². The van der Waals surface area contributed by atoms with Gasteiger partial charge in [-0.15, -0.1) is 0 Å². The molecule has 3 nitrogen and oxygen atoms in total. The summed E-state index contributed by atoms with van der Waals surface area (Å²) < 4.78 is 5.95. The summed E-state index contributed by atoms with van der Waals surface area (Å²) in [5.41, 5.74) is 2.84. The molecular weight excluding hydrogens is 264 g/mol. The lowest BCUT2D eigenvalue weighted by atomic mass is 9.97. The van der Waals surface area contributed by atoms with Gasteiger partial charge in [-0.05, 0) is 17.0 Å². The molecule has 0 bridgehead atoms. The van der Waals surface area contributed by atoms with Crippen molar-refractivity contribution in [2.24, 2.45) is 0 Å². The Balaban J connectivity index is 2.27. The molecule has 0 aromatic heterocycles. The molecule has 1 N–H and O–H groups in total. The summed E-state index contributed by atoms with van der Waals surface area (Å²) in [6.07, 6.45) is -0.0231. The highest BCUT2D eigenvalue weighted by molar-refractivity contribution is 5.71. The molecule has 0 fully saturated rings. The third kappa shape index (κ3) is 4.09. The molecule has 2 aromatic rings. The second kappa shape index (κ2) is 6.93. The normalized spacial score (nSPS) is 10.6. The SMILES string of the molecule is CC(C)c1cccc(CC(=O)O)c1OCc1ccccc1. The van der Waals surface area contributed by atoms with Gasteiger partial charge in [0.05, 0.1) is 6.42 Å². The van der Waals surface area contributed by atoms with Gasteiger partial charge < -0.3 is 9.84 Å². The van der Waals surface area contributed by atoms with E-state index in [2.05, 4.69) is 13.8 Å². The van der Waals surface area contributed by atoms with E-state index in [-0.39, 0.29) is 12.3 Å². The standard InChI is InChI=1S/C18H20O3/c1-13(2)16-10-6-9-15(11-17(19)20)18(16)21-12-14-7-4-3-5-8-14/h3-10,13H,11-12H2,1-2H3,(H,19,20). The zero-order chi connectivity index (χ0) is 15.2. The third-order valence-electron chi connectivity index (χ3n) is 3.32. The first kappa shape index (κ1) is 15.1. The zero-order valence-electron chi connectivity index (χ0n) is 12.4. The van der Waals surface area contributed by atoms with Crippen molar-refractivity contribution < 1.29 is 14.6 Å². The predicted octanol–water partition coefficient (Wildman–Crippen LogP) is 4.02. The van der Waals surface area contributed by atoms with E-state index in [0.717, 1.165) is 16.7 Å².